The highest BCUT2D eigenvalue weighted by Crippen LogP contribution is 2.59. The van der Waals surface area contributed by atoms with Crippen LogP contribution in [0.3, 0.4) is 0 Å². The molecule has 0 radical (unpaired) electrons. The van der Waals surface area contributed by atoms with Gasteiger partial charge in [-0.2, -0.15) is 0 Å². The second-order valence-electron chi connectivity index (χ2n) is 9.17. The third-order valence-corrected chi connectivity index (χ3v) is 8.03. The van der Waals surface area contributed by atoms with E-state index in [-0.39, 0.29) is 6.10 Å². The molecule has 3 rings (SSSR count). The van der Waals surface area contributed by atoms with Crippen LogP contribution in [0.15, 0.2) is 0 Å². The Labute approximate surface area is 137 Å². The fraction of sp³-hybridized carbons (Fsp3) is 1.00. The summed E-state index contributed by atoms with van der Waals surface area (Å²) in [5.74, 6) is 2.32. The van der Waals surface area contributed by atoms with Gasteiger partial charge in [-0.1, -0.05) is 27.2 Å². The molecule has 128 valence electrons. The zero-order valence-corrected chi connectivity index (χ0v) is 15.1. The van der Waals surface area contributed by atoms with E-state index in [0.29, 0.717) is 16.9 Å². The smallest absolute Gasteiger partial charge is 0.0607 e. The molecular weight excluding hydrogens is 272 g/mol. The molecule has 0 amide bonds. The van der Waals surface area contributed by atoms with Gasteiger partial charge < -0.3 is 9.84 Å². The maximum Gasteiger partial charge on any atom is 0.0607 e. The highest BCUT2D eigenvalue weighted by molar-refractivity contribution is 5.02. The minimum absolute atomic E-state index is 0.0336. The molecule has 0 aromatic carbocycles. The SMILES string of the molecule is CCC1(C)CCC(OC)C1C1CCC2CC(O)CCC2(C)C1. The quantitative estimate of drug-likeness (QED) is 0.812. The molecule has 0 heterocycles. The van der Waals surface area contributed by atoms with Gasteiger partial charge in [-0.25, -0.2) is 0 Å². The predicted octanol–water partition coefficient (Wildman–Crippen LogP) is 4.80. The third-order valence-electron chi connectivity index (χ3n) is 8.03. The first-order chi connectivity index (χ1) is 10.4. The van der Waals surface area contributed by atoms with Crippen LogP contribution in [0.4, 0.5) is 0 Å². The summed E-state index contributed by atoms with van der Waals surface area (Å²) in [4.78, 5) is 0. The van der Waals surface area contributed by atoms with Gasteiger partial charge in [0.25, 0.3) is 0 Å². The number of hydrogen-bond acceptors (Lipinski definition) is 2. The molecule has 2 heteroatoms. The number of methoxy groups -OCH3 is 1. The summed E-state index contributed by atoms with van der Waals surface area (Å²) in [5, 5.41) is 10.0. The maximum absolute atomic E-state index is 10.0. The molecule has 0 saturated heterocycles. The Morgan fingerprint density at radius 1 is 1.09 bits per heavy atom. The van der Waals surface area contributed by atoms with Gasteiger partial charge in [0.15, 0.2) is 0 Å². The van der Waals surface area contributed by atoms with Crippen LogP contribution in [-0.4, -0.2) is 24.4 Å². The maximum atomic E-state index is 10.0. The van der Waals surface area contributed by atoms with Gasteiger partial charge >= 0.3 is 0 Å². The lowest BCUT2D eigenvalue weighted by atomic mass is 9.54. The molecule has 0 aromatic heterocycles. The molecule has 2 nitrogen and oxygen atoms in total. The summed E-state index contributed by atoms with van der Waals surface area (Å²) in [7, 11) is 1.92. The van der Waals surface area contributed by atoms with Crippen LogP contribution in [0.1, 0.15) is 78.6 Å². The highest BCUT2D eigenvalue weighted by atomic mass is 16.5. The second-order valence-corrected chi connectivity index (χ2v) is 9.17. The van der Waals surface area contributed by atoms with Crippen molar-refractivity contribution >= 4 is 0 Å². The van der Waals surface area contributed by atoms with Crippen LogP contribution in [-0.2, 0) is 4.74 Å². The first-order valence-corrected chi connectivity index (χ1v) is 9.63. The van der Waals surface area contributed by atoms with Gasteiger partial charge in [-0.3, -0.25) is 0 Å². The lowest BCUT2D eigenvalue weighted by molar-refractivity contribution is -0.0681. The van der Waals surface area contributed by atoms with Crippen molar-refractivity contribution in [2.24, 2.45) is 28.6 Å². The Morgan fingerprint density at radius 2 is 1.86 bits per heavy atom. The molecule has 3 saturated carbocycles. The summed E-state index contributed by atoms with van der Waals surface area (Å²) < 4.78 is 5.92. The Kier molecular flexibility index (Phi) is 4.64. The van der Waals surface area contributed by atoms with Crippen molar-refractivity contribution < 1.29 is 9.84 Å². The van der Waals surface area contributed by atoms with Gasteiger partial charge in [-0.15, -0.1) is 0 Å². The molecule has 0 aromatic rings. The van der Waals surface area contributed by atoms with Gasteiger partial charge in [0.2, 0.25) is 0 Å². The van der Waals surface area contributed by atoms with Crippen LogP contribution in [0.25, 0.3) is 0 Å². The molecule has 3 aliphatic rings. The largest absolute Gasteiger partial charge is 0.393 e. The van der Waals surface area contributed by atoms with Crippen molar-refractivity contribution in [3.05, 3.63) is 0 Å². The Morgan fingerprint density at radius 3 is 2.55 bits per heavy atom. The minimum Gasteiger partial charge on any atom is -0.393 e. The number of aliphatic hydroxyl groups excluding tert-OH is 1. The summed E-state index contributed by atoms with van der Waals surface area (Å²) in [6, 6.07) is 0. The predicted molar refractivity (Wildman–Crippen MR) is 90.7 cm³/mol. The Bertz CT molecular complexity index is 395. The van der Waals surface area contributed by atoms with E-state index in [1.165, 1.54) is 44.9 Å². The standard InChI is InChI=1S/C20H36O2/c1-5-19(2)11-9-17(22-4)18(19)14-6-7-15-12-16(21)8-10-20(15,3)13-14/h14-18,21H,5-13H2,1-4H3. The zero-order valence-electron chi connectivity index (χ0n) is 15.1. The van der Waals surface area contributed by atoms with Crippen LogP contribution in [0.2, 0.25) is 0 Å². The average Bonchev–Trinajstić information content (AvgIpc) is 2.85. The first kappa shape index (κ1) is 16.8. The van der Waals surface area contributed by atoms with E-state index in [4.69, 9.17) is 4.74 Å². The molecule has 7 atom stereocenters. The number of aliphatic hydroxyl groups is 1. The second kappa shape index (κ2) is 6.09. The molecule has 7 unspecified atom stereocenters. The molecule has 3 aliphatic carbocycles. The molecule has 0 spiro atoms. The molecule has 3 fully saturated rings. The van der Waals surface area contributed by atoms with E-state index >= 15 is 0 Å². The van der Waals surface area contributed by atoms with E-state index in [1.807, 2.05) is 7.11 Å². The lowest BCUT2D eigenvalue weighted by Crippen LogP contribution is -2.45. The van der Waals surface area contributed by atoms with Crippen molar-refractivity contribution in [3.8, 4) is 0 Å². The Hall–Kier alpha value is -0.0800. The lowest BCUT2D eigenvalue weighted by Gasteiger charge is -2.52. The van der Waals surface area contributed by atoms with Crippen LogP contribution in [0, 0.1) is 28.6 Å². The molecule has 1 N–H and O–H groups in total. The molecule has 0 bridgehead atoms. The van der Waals surface area contributed by atoms with Gasteiger partial charge in [0.05, 0.1) is 12.2 Å². The Balaban J connectivity index is 1.78. The number of rotatable bonds is 3. The van der Waals surface area contributed by atoms with Crippen LogP contribution in [0.5, 0.6) is 0 Å². The third kappa shape index (κ3) is 2.75. The van der Waals surface area contributed by atoms with Crippen LogP contribution < -0.4 is 0 Å². The molecular formula is C20H36O2. The normalized spacial score (nSPS) is 52.5. The summed E-state index contributed by atoms with van der Waals surface area (Å²) in [6.45, 7) is 7.39. The minimum atomic E-state index is -0.0336. The monoisotopic (exact) mass is 308 g/mol. The van der Waals surface area contributed by atoms with Crippen LogP contribution >= 0.6 is 0 Å². The van der Waals surface area contributed by atoms with E-state index in [1.54, 1.807) is 0 Å². The van der Waals surface area contributed by atoms with Crippen molar-refractivity contribution in [2.75, 3.05) is 7.11 Å². The zero-order chi connectivity index (χ0) is 16.0. The summed E-state index contributed by atoms with van der Waals surface area (Å²) in [5.41, 5.74) is 0.945. The fourth-order valence-corrected chi connectivity index (χ4v) is 6.41. The highest BCUT2D eigenvalue weighted by Gasteiger charge is 2.52. The topological polar surface area (TPSA) is 29.5 Å². The van der Waals surface area contributed by atoms with Gasteiger partial charge in [0, 0.05) is 7.11 Å². The van der Waals surface area contributed by atoms with Gasteiger partial charge in [0.1, 0.15) is 0 Å². The number of fused-ring (bicyclic) bond motifs is 1. The first-order valence-electron chi connectivity index (χ1n) is 9.63. The van der Waals surface area contributed by atoms with E-state index in [9.17, 15) is 5.11 Å². The molecule has 22 heavy (non-hydrogen) atoms. The van der Waals surface area contributed by atoms with Crippen molar-refractivity contribution in [2.45, 2.75) is 90.8 Å². The van der Waals surface area contributed by atoms with Crippen molar-refractivity contribution in [3.63, 3.8) is 0 Å². The van der Waals surface area contributed by atoms with E-state index in [0.717, 1.165) is 30.6 Å². The van der Waals surface area contributed by atoms with E-state index in [2.05, 4.69) is 20.8 Å². The fourth-order valence-electron chi connectivity index (χ4n) is 6.41. The van der Waals surface area contributed by atoms with Crippen molar-refractivity contribution in [1.82, 2.24) is 0 Å². The molecule has 0 aliphatic heterocycles. The average molecular weight is 309 g/mol. The van der Waals surface area contributed by atoms with Gasteiger partial charge in [-0.05, 0) is 80.0 Å². The number of ether oxygens (including phenoxy) is 1. The van der Waals surface area contributed by atoms with Crippen molar-refractivity contribution in [1.29, 1.82) is 0 Å². The summed E-state index contributed by atoms with van der Waals surface area (Å²) >= 11 is 0. The number of hydrogen-bond donors (Lipinski definition) is 1. The summed E-state index contributed by atoms with van der Waals surface area (Å²) in [6.07, 6.45) is 11.6. The van der Waals surface area contributed by atoms with E-state index < -0.39 is 0 Å².